The number of carboxylic acid groups (broad SMARTS) is 1. The zero-order valence-electron chi connectivity index (χ0n) is 6.07. The highest BCUT2D eigenvalue weighted by atomic mass is 16.6. The smallest absolute Gasteiger partial charge is 0.303 e. The number of aliphatic carboxylic acids is 1. The second kappa shape index (κ2) is 4.24. The summed E-state index contributed by atoms with van der Waals surface area (Å²) in [5, 5.41) is 17.2. The van der Waals surface area contributed by atoms with Crippen molar-refractivity contribution in [3.63, 3.8) is 0 Å². The van der Waals surface area contributed by atoms with Crippen LogP contribution in [0.4, 0.5) is 0 Å². The molecule has 4 heteroatoms. The zero-order chi connectivity index (χ0) is 8.15. The Hall–Kier alpha value is -0.610. The summed E-state index contributed by atoms with van der Waals surface area (Å²) in [4.78, 5) is 10.1. The fourth-order valence-electron chi connectivity index (χ4n) is 0.609. The lowest BCUT2D eigenvalue weighted by molar-refractivity contribution is -0.146. The first-order valence-corrected chi connectivity index (χ1v) is 3.00. The van der Waals surface area contributed by atoms with Crippen LogP contribution in [-0.2, 0) is 9.53 Å². The molecule has 0 aromatic carbocycles. The van der Waals surface area contributed by atoms with Crippen molar-refractivity contribution in [3.05, 3.63) is 0 Å². The molecule has 0 aliphatic carbocycles. The molecule has 0 saturated heterocycles. The number of hydrogen-bond acceptors (Lipinski definition) is 3. The minimum atomic E-state index is -0.976. The van der Waals surface area contributed by atoms with Gasteiger partial charge < -0.3 is 14.9 Å². The van der Waals surface area contributed by atoms with E-state index in [1.54, 1.807) is 6.92 Å². The first-order valence-electron chi connectivity index (χ1n) is 3.00. The summed E-state index contributed by atoms with van der Waals surface area (Å²) in [5.41, 5.74) is 0. The van der Waals surface area contributed by atoms with Gasteiger partial charge in [-0.25, -0.2) is 0 Å². The topological polar surface area (TPSA) is 66.8 Å². The number of aliphatic hydroxyl groups excluding tert-OH is 1. The molecule has 0 bridgehead atoms. The minimum Gasteiger partial charge on any atom is -0.481 e. The van der Waals surface area contributed by atoms with Crippen LogP contribution in [0.1, 0.15) is 13.3 Å². The van der Waals surface area contributed by atoms with Crippen LogP contribution in [0, 0.1) is 5.92 Å². The Morgan fingerprint density at radius 2 is 2.20 bits per heavy atom. The predicted octanol–water partition coefficient (Wildman–Crippen LogP) is 0.0620. The van der Waals surface area contributed by atoms with E-state index in [0.717, 1.165) is 0 Å². The molecule has 0 saturated carbocycles. The van der Waals surface area contributed by atoms with Gasteiger partial charge in [0.05, 0.1) is 6.42 Å². The molecule has 4 nitrogen and oxygen atoms in total. The molecule has 0 aromatic heterocycles. The lowest BCUT2D eigenvalue weighted by atomic mass is 10.1. The van der Waals surface area contributed by atoms with Crippen LogP contribution in [0.5, 0.6) is 0 Å². The Labute approximate surface area is 59.4 Å². The van der Waals surface area contributed by atoms with Crippen molar-refractivity contribution in [1.29, 1.82) is 0 Å². The quantitative estimate of drug-likeness (QED) is 0.553. The van der Waals surface area contributed by atoms with E-state index in [2.05, 4.69) is 4.74 Å². The molecule has 2 unspecified atom stereocenters. The Balaban J connectivity index is 3.61. The highest BCUT2D eigenvalue weighted by Gasteiger charge is 2.15. The van der Waals surface area contributed by atoms with E-state index in [0.29, 0.717) is 0 Å². The van der Waals surface area contributed by atoms with E-state index < -0.39 is 12.3 Å². The predicted molar refractivity (Wildman–Crippen MR) is 34.4 cm³/mol. The van der Waals surface area contributed by atoms with Gasteiger partial charge in [0.2, 0.25) is 0 Å². The van der Waals surface area contributed by atoms with Crippen LogP contribution in [-0.4, -0.2) is 29.6 Å². The summed E-state index contributed by atoms with van der Waals surface area (Å²) in [6, 6.07) is 0. The third-order valence-electron chi connectivity index (χ3n) is 1.22. The summed E-state index contributed by atoms with van der Waals surface area (Å²) in [6.07, 6.45) is -1.05. The second-order valence-electron chi connectivity index (χ2n) is 2.20. The van der Waals surface area contributed by atoms with Crippen LogP contribution in [0.25, 0.3) is 0 Å². The first-order chi connectivity index (χ1) is 4.57. The lowest BCUT2D eigenvalue weighted by Crippen LogP contribution is -2.21. The summed E-state index contributed by atoms with van der Waals surface area (Å²) in [6.45, 7) is 1.61. The van der Waals surface area contributed by atoms with E-state index in [4.69, 9.17) is 10.2 Å². The Bertz CT molecular complexity index is 112. The molecule has 0 fully saturated rings. The van der Waals surface area contributed by atoms with Crippen molar-refractivity contribution in [2.45, 2.75) is 19.6 Å². The van der Waals surface area contributed by atoms with Gasteiger partial charge in [-0.1, -0.05) is 6.92 Å². The van der Waals surface area contributed by atoms with Crippen LogP contribution in [0.2, 0.25) is 0 Å². The third-order valence-corrected chi connectivity index (χ3v) is 1.22. The van der Waals surface area contributed by atoms with E-state index >= 15 is 0 Å². The first kappa shape index (κ1) is 9.39. The number of carboxylic acids is 1. The molecule has 0 radical (unpaired) electrons. The molecule has 0 spiro atoms. The number of methoxy groups -OCH3 is 1. The maximum absolute atomic E-state index is 10.1. The van der Waals surface area contributed by atoms with E-state index in [1.807, 2.05) is 0 Å². The van der Waals surface area contributed by atoms with Crippen molar-refractivity contribution >= 4 is 5.97 Å². The van der Waals surface area contributed by atoms with Gasteiger partial charge in [0, 0.05) is 13.0 Å². The average Bonchev–Trinajstić information content (AvgIpc) is 1.85. The molecular weight excluding hydrogens is 136 g/mol. The Morgan fingerprint density at radius 1 is 1.70 bits per heavy atom. The van der Waals surface area contributed by atoms with Gasteiger partial charge in [-0.15, -0.1) is 0 Å². The molecule has 0 heterocycles. The van der Waals surface area contributed by atoms with Crippen molar-refractivity contribution in [1.82, 2.24) is 0 Å². The van der Waals surface area contributed by atoms with E-state index in [9.17, 15) is 4.79 Å². The third kappa shape index (κ3) is 3.42. The normalized spacial score (nSPS) is 16.3. The van der Waals surface area contributed by atoms with Gasteiger partial charge in [0.1, 0.15) is 0 Å². The summed E-state index contributed by atoms with van der Waals surface area (Å²) in [5.74, 6) is -1.29. The van der Waals surface area contributed by atoms with Gasteiger partial charge >= 0.3 is 5.97 Å². The van der Waals surface area contributed by atoms with Crippen LogP contribution >= 0.6 is 0 Å². The SMILES string of the molecule is COC(O)C(C)CC(=O)O. The van der Waals surface area contributed by atoms with Crippen LogP contribution in [0.15, 0.2) is 0 Å². The second-order valence-corrected chi connectivity index (χ2v) is 2.20. The number of hydrogen-bond donors (Lipinski definition) is 2. The Morgan fingerprint density at radius 3 is 2.50 bits per heavy atom. The van der Waals surface area contributed by atoms with Crippen LogP contribution in [0.3, 0.4) is 0 Å². The van der Waals surface area contributed by atoms with Crippen molar-refractivity contribution < 1.29 is 19.7 Å². The van der Waals surface area contributed by atoms with Crippen molar-refractivity contribution in [3.8, 4) is 0 Å². The average molecular weight is 148 g/mol. The van der Waals surface area contributed by atoms with Crippen molar-refractivity contribution in [2.75, 3.05) is 7.11 Å². The highest BCUT2D eigenvalue weighted by Crippen LogP contribution is 2.07. The molecule has 0 aliphatic heterocycles. The number of ether oxygens (including phenoxy) is 1. The van der Waals surface area contributed by atoms with E-state index in [-0.39, 0.29) is 12.3 Å². The minimum absolute atomic E-state index is 0.0744. The Kier molecular flexibility index (Phi) is 3.99. The maximum Gasteiger partial charge on any atom is 0.303 e. The molecule has 60 valence electrons. The molecule has 0 aliphatic rings. The summed E-state index contributed by atoms with van der Waals surface area (Å²) in [7, 11) is 1.34. The number of rotatable bonds is 4. The highest BCUT2D eigenvalue weighted by molar-refractivity contribution is 5.66. The zero-order valence-corrected chi connectivity index (χ0v) is 6.07. The van der Waals surface area contributed by atoms with Gasteiger partial charge in [0.25, 0.3) is 0 Å². The molecule has 0 aromatic rings. The van der Waals surface area contributed by atoms with Gasteiger partial charge in [-0.2, -0.15) is 0 Å². The van der Waals surface area contributed by atoms with Gasteiger partial charge in [0.15, 0.2) is 6.29 Å². The largest absolute Gasteiger partial charge is 0.481 e. The van der Waals surface area contributed by atoms with Crippen LogP contribution < -0.4 is 0 Å². The summed E-state index contributed by atoms with van der Waals surface area (Å²) >= 11 is 0. The molecule has 0 rings (SSSR count). The summed E-state index contributed by atoms with van der Waals surface area (Å²) < 4.78 is 4.51. The molecule has 2 N–H and O–H groups in total. The standard InChI is InChI=1S/C6H12O4/c1-4(3-5(7)8)6(9)10-2/h4,6,9H,3H2,1-2H3,(H,7,8). The monoisotopic (exact) mass is 148 g/mol. The molecule has 0 amide bonds. The number of aliphatic hydroxyl groups is 1. The fraction of sp³-hybridized carbons (Fsp3) is 0.833. The molecular formula is C6H12O4. The van der Waals surface area contributed by atoms with Crippen molar-refractivity contribution in [2.24, 2.45) is 5.92 Å². The fourth-order valence-corrected chi connectivity index (χ4v) is 0.609. The lowest BCUT2D eigenvalue weighted by Gasteiger charge is -2.14. The number of carbonyl (C=O) groups is 1. The molecule has 10 heavy (non-hydrogen) atoms. The van der Waals surface area contributed by atoms with E-state index in [1.165, 1.54) is 7.11 Å². The molecule has 2 atom stereocenters. The van der Waals surface area contributed by atoms with Gasteiger partial charge in [-0.05, 0) is 0 Å². The van der Waals surface area contributed by atoms with Gasteiger partial charge in [-0.3, -0.25) is 4.79 Å². The maximum atomic E-state index is 10.1.